The fourth-order valence-corrected chi connectivity index (χ4v) is 1.98. The number of hydrogen-bond acceptors (Lipinski definition) is 5. The molecule has 2 aromatic rings. The van der Waals surface area contributed by atoms with Gasteiger partial charge in [0, 0.05) is 25.8 Å². The van der Waals surface area contributed by atoms with Gasteiger partial charge < -0.3 is 20.3 Å². The minimum absolute atomic E-state index is 0.795. The van der Waals surface area contributed by atoms with Crippen LogP contribution in [0.15, 0.2) is 30.5 Å². The molecule has 0 unspecified atom stereocenters. The zero-order chi connectivity index (χ0) is 18.7. The first-order valence-electron chi connectivity index (χ1n) is 7.70. The minimum Gasteiger partial charge on any atom is -0.473 e. The maximum absolute atomic E-state index is 9.10. The number of carbonyl (C=O) groups is 2. The Hall–Kier alpha value is -2.71. The van der Waals surface area contributed by atoms with Crippen molar-refractivity contribution >= 4 is 11.9 Å². The molecule has 0 aliphatic carbocycles. The van der Waals surface area contributed by atoms with Gasteiger partial charge in [-0.3, -0.25) is 5.10 Å². The summed E-state index contributed by atoms with van der Waals surface area (Å²) in [6.07, 6.45) is 2.91. The molecular weight excluding hydrogens is 326 g/mol. The Morgan fingerprint density at radius 3 is 2.40 bits per heavy atom. The van der Waals surface area contributed by atoms with E-state index in [0.717, 1.165) is 31.8 Å². The van der Waals surface area contributed by atoms with Crippen molar-refractivity contribution in [2.24, 2.45) is 0 Å². The van der Waals surface area contributed by atoms with Crippen LogP contribution in [0.25, 0.3) is 11.3 Å². The van der Waals surface area contributed by atoms with Crippen molar-refractivity contribution in [3.8, 4) is 11.3 Å². The van der Waals surface area contributed by atoms with Gasteiger partial charge in [-0.2, -0.15) is 5.10 Å². The SMILES string of the molecule is COCCCNCc1cn[nH]c1-c1ccc(C)cc1.O=C(O)C(=O)O. The first kappa shape index (κ1) is 20.3. The van der Waals surface area contributed by atoms with Crippen LogP contribution in [0.5, 0.6) is 0 Å². The van der Waals surface area contributed by atoms with Gasteiger partial charge >= 0.3 is 11.9 Å². The Bertz CT molecular complexity index is 655. The predicted octanol–water partition coefficient (Wildman–Crippen LogP) is 1.67. The van der Waals surface area contributed by atoms with Crippen LogP contribution in [-0.4, -0.2) is 52.6 Å². The van der Waals surface area contributed by atoms with E-state index in [1.165, 1.54) is 16.7 Å². The average Bonchev–Trinajstić information content (AvgIpc) is 3.04. The van der Waals surface area contributed by atoms with Gasteiger partial charge in [-0.05, 0) is 25.5 Å². The maximum atomic E-state index is 9.10. The lowest BCUT2D eigenvalue weighted by molar-refractivity contribution is -0.159. The van der Waals surface area contributed by atoms with Gasteiger partial charge in [-0.15, -0.1) is 0 Å². The number of ether oxygens (including phenoxy) is 1. The number of methoxy groups -OCH3 is 1. The van der Waals surface area contributed by atoms with Crippen molar-refractivity contribution in [1.82, 2.24) is 15.5 Å². The molecule has 0 amide bonds. The van der Waals surface area contributed by atoms with Crippen LogP contribution in [0.4, 0.5) is 0 Å². The van der Waals surface area contributed by atoms with Crippen LogP contribution in [0, 0.1) is 6.92 Å². The van der Waals surface area contributed by atoms with Crippen LogP contribution >= 0.6 is 0 Å². The summed E-state index contributed by atoms with van der Waals surface area (Å²) < 4.78 is 5.02. The number of rotatable bonds is 7. The van der Waals surface area contributed by atoms with E-state index in [4.69, 9.17) is 24.5 Å². The molecule has 1 aromatic heterocycles. The highest BCUT2D eigenvalue weighted by Crippen LogP contribution is 2.21. The number of benzene rings is 1. The lowest BCUT2D eigenvalue weighted by Crippen LogP contribution is -2.16. The first-order valence-corrected chi connectivity index (χ1v) is 7.70. The molecule has 8 heteroatoms. The number of hydrogen-bond donors (Lipinski definition) is 4. The number of nitrogens with one attached hydrogen (secondary N) is 2. The summed E-state index contributed by atoms with van der Waals surface area (Å²) >= 11 is 0. The van der Waals surface area contributed by atoms with Crippen LogP contribution in [-0.2, 0) is 20.9 Å². The summed E-state index contributed by atoms with van der Waals surface area (Å²) in [7, 11) is 1.73. The van der Waals surface area contributed by atoms with E-state index in [2.05, 4.69) is 46.7 Å². The number of aromatic nitrogens is 2. The standard InChI is InChI=1S/C15H21N3O.C2H2O4/c1-12-4-6-13(7-5-12)15-14(11-17-18-15)10-16-8-3-9-19-2;3-1(4)2(5)6/h4-7,11,16H,3,8-10H2,1-2H3,(H,17,18);(H,3,4)(H,5,6). The molecule has 0 fully saturated rings. The lowest BCUT2D eigenvalue weighted by Gasteiger charge is -2.06. The lowest BCUT2D eigenvalue weighted by atomic mass is 10.1. The maximum Gasteiger partial charge on any atom is 0.414 e. The molecule has 0 saturated carbocycles. The number of aryl methyl sites for hydroxylation is 1. The molecule has 25 heavy (non-hydrogen) atoms. The third-order valence-corrected chi connectivity index (χ3v) is 3.26. The summed E-state index contributed by atoms with van der Waals surface area (Å²) in [5, 5.41) is 25.4. The van der Waals surface area contributed by atoms with E-state index in [-0.39, 0.29) is 0 Å². The Balaban J connectivity index is 0.000000450. The van der Waals surface area contributed by atoms with Gasteiger partial charge in [-0.1, -0.05) is 29.8 Å². The highest BCUT2D eigenvalue weighted by Gasteiger charge is 2.07. The Morgan fingerprint density at radius 2 is 1.84 bits per heavy atom. The van der Waals surface area contributed by atoms with Gasteiger partial charge in [0.2, 0.25) is 0 Å². The van der Waals surface area contributed by atoms with Crippen molar-refractivity contribution in [2.45, 2.75) is 19.9 Å². The number of carboxylic acids is 2. The van der Waals surface area contributed by atoms with Gasteiger partial charge in [0.15, 0.2) is 0 Å². The van der Waals surface area contributed by atoms with Crippen LogP contribution in [0.2, 0.25) is 0 Å². The van der Waals surface area contributed by atoms with Crippen molar-refractivity contribution < 1.29 is 24.5 Å². The number of aliphatic carboxylic acids is 2. The number of aromatic amines is 1. The van der Waals surface area contributed by atoms with E-state index in [0.29, 0.717) is 0 Å². The van der Waals surface area contributed by atoms with E-state index in [1.807, 2.05) is 6.20 Å². The monoisotopic (exact) mass is 349 g/mol. The summed E-state index contributed by atoms with van der Waals surface area (Å²) in [4.78, 5) is 18.2. The van der Waals surface area contributed by atoms with E-state index < -0.39 is 11.9 Å². The molecule has 2 rings (SSSR count). The van der Waals surface area contributed by atoms with Crippen molar-refractivity contribution in [2.75, 3.05) is 20.3 Å². The molecule has 0 atom stereocenters. The third-order valence-electron chi connectivity index (χ3n) is 3.26. The first-order chi connectivity index (χ1) is 12.0. The molecule has 0 radical (unpaired) electrons. The van der Waals surface area contributed by atoms with Crippen molar-refractivity contribution in [1.29, 1.82) is 0 Å². The quantitative estimate of drug-likeness (QED) is 0.442. The van der Waals surface area contributed by atoms with E-state index in [9.17, 15) is 0 Å². The smallest absolute Gasteiger partial charge is 0.414 e. The zero-order valence-corrected chi connectivity index (χ0v) is 14.3. The Kier molecular flexibility index (Phi) is 8.91. The van der Waals surface area contributed by atoms with Gasteiger partial charge in [0.1, 0.15) is 0 Å². The molecule has 0 aliphatic rings. The summed E-state index contributed by atoms with van der Waals surface area (Å²) in [6.45, 7) is 4.66. The summed E-state index contributed by atoms with van der Waals surface area (Å²) in [5.74, 6) is -3.65. The molecule has 0 aliphatic heterocycles. The van der Waals surface area contributed by atoms with E-state index in [1.54, 1.807) is 7.11 Å². The zero-order valence-electron chi connectivity index (χ0n) is 14.3. The number of H-pyrrole nitrogens is 1. The fourth-order valence-electron chi connectivity index (χ4n) is 1.98. The highest BCUT2D eigenvalue weighted by atomic mass is 16.5. The fraction of sp³-hybridized carbons (Fsp3) is 0.353. The second-order valence-corrected chi connectivity index (χ2v) is 5.27. The second kappa shape index (κ2) is 11.0. The largest absolute Gasteiger partial charge is 0.473 e. The van der Waals surface area contributed by atoms with Crippen LogP contribution in [0.1, 0.15) is 17.5 Å². The van der Waals surface area contributed by atoms with Crippen LogP contribution < -0.4 is 5.32 Å². The third kappa shape index (κ3) is 7.60. The van der Waals surface area contributed by atoms with Gasteiger partial charge in [0.25, 0.3) is 0 Å². The molecule has 136 valence electrons. The molecule has 0 spiro atoms. The summed E-state index contributed by atoms with van der Waals surface area (Å²) in [6, 6.07) is 8.48. The molecule has 0 bridgehead atoms. The second-order valence-electron chi connectivity index (χ2n) is 5.27. The summed E-state index contributed by atoms with van der Waals surface area (Å²) in [5.41, 5.74) is 4.74. The van der Waals surface area contributed by atoms with Gasteiger partial charge in [0.05, 0.1) is 11.9 Å². The van der Waals surface area contributed by atoms with Crippen LogP contribution in [0.3, 0.4) is 0 Å². The highest BCUT2D eigenvalue weighted by molar-refractivity contribution is 6.27. The number of nitrogens with zero attached hydrogens (tertiary/aromatic N) is 1. The molecule has 1 heterocycles. The average molecular weight is 349 g/mol. The predicted molar refractivity (Wildman–Crippen MR) is 92.2 cm³/mol. The van der Waals surface area contributed by atoms with Crippen molar-refractivity contribution in [3.05, 3.63) is 41.6 Å². The minimum atomic E-state index is -1.82. The van der Waals surface area contributed by atoms with Gasteiger partial charge in [-0.25, -0.2) is 9.59 Å². The molecule has 8 nitrogen and oxygen atoms in total. The topological polar surface area (TPSA) is 125 Å². The Labute approximate surface area is 145 Å². The molecule has 1 aromatic carbocycles. The Morgan fingerprint density at radius 1 is 1.20 bits per heavy atom. The number of carboxylic acid groups (broad SMARTS) is 2. The normalized spacial score (nSPS) is 10.0. The molecule has 0 saturated heterocycles. The van der Waals surface area contributed by atoms with E-state index >= 15 is 0 Å². The molecule has 4 N–H and O–H groups in total. The van der Waals surface area contributed by atoms with Crippen molar-refractivity contribution in [3.63, 3.8) is 0 Å². The molecular formula is C17H23N3O5.